The quantitative estimate of drug-likeness (QED) is 0.646. The van der Waals surface area contributed by atoms with Crippen LogP contribution in [0.5, 0.6) is 5.75 Å². The summed E-state index contributed by atoms with van der Waals surface area (Å²) in [5.41, 5.74) is 0.758. The molecule has 0 saturated heterocycles. The topological polar surface area (TPSA) is 72.3 Å². The third kappa shape index (κ3) is 5.65. The van der Waals surface area contributed by atoms with E-state index in [0.29, 0.717) is 5.82 Å². The van der Waals surface area contributed by atoms with Gasteiger partial charge >= 0.3 is 5.97 Å². The van der Waals surface area contributed by atoms with Gasteiger partial charge in [0.1, 0.15) is 5.75 Å². The third-order valence-electron chi connectivity index (χ3n) is 3.75. The van der Waals surface area contributed by atoms with Gasteiger partial charge in [0.15, 0.2) is 11.5 Å². The average Bonchev–Trinajstić information content (AvgIpc) is 2.61. The number of hydrogen-bond donors (Lipinski definition) is 1. The van der Waals surface area contributed by atoms with Gasteiger partial charge in [-0.1, -0.05) is 39.0 Å². The zero-order chi connectivity index (χ0) is 17.2. The summed E-state index contributed by atoms with van der Waals surface area (Å²) in [5, 5.41) is 8.98. The van der Waals surface area contributed by atoms with Crippen LogP contribution in [-0.4, -0.2) is 27.7 Å². The molecule has 5 nitrogen and oxygen atoms in total. The summed E-state index contributed by atoms with van der Waals surface area (Å²) in [5.74, 6) is 0.150. The Hall–Kier alpha value is -2.43. The molecule has 1 aromatic carbocycles. The fourth-order valence-electron chi connectivity index (χ4n) is 2.39. The molecule has 2 aromatic rings. The molecule has 0 aliphatic carbocycles. The van der Waals surface area contributed by atoms with Crippen molar-refractivity contribution in [3.63, 3.8) is 0 Å². The lowest BCUT2D eigenvalue weighted by molar-refractivity contribution is 0.0690. The first-order valence-electron chi connectivity index (χ1n) is 8.50. The van der Waals surface area contributed by atoms with Crippen molar-refractivity contribution in [3.05, 3.63) is 42.2 Å². The number of carboxylic acids is 1. The molecule has 24 heavy (non-hydrogen) atoms. The van der Waals surface area contributed by atoms with E-state index in [2.05, 4.69) is 16.9 Å². The first kappa shape index (κ1) is 17.9. The van der Waals surface area contributed by atoms with Crippen molar-refractivity contribution in [2.24, 2.45) is 0 Å². The maximum Gasteiger partial charge on any atom is 0.354 e. The molecule has 128 valence electrons. The molecule has 0 aliphatic heterocycles. The summed E-state index contributed by atoms with van der Waals surface area (Å²) >= 11 is 0. The molecule has 2 rings (SSSR count). The summed E-state index contributed by atoms with van der Waals surface area (Å²) in [7, 11) is 0. The number of ether oxygens (including phenoxy) is 1. The van der Waals surface area contributed by atoms with Crippen molar-refractivity contribution >= 4 is 5.97 Å². The van der Waals surface area contributed by atoms with Gasteiger partial charge in [0.25, 0.3) is 0 Å². The Kier molecular flexibility index (Phi) is 7.21. The van der Waals surface area contributed by atoms with Gasteiger partial charge in [-0.15, -0.1) is 0 Å². The highest BCUT2D eigenvalue weighted by atomic mass is 16.5. The number of carboxylic acid groups (broad SMARTS) is 1. The zero-order valence-corrected chi connectivity index (χ0v) is 14.1. The molecule has 0 radical (unpaired) electrons. The minimum Gasteiger partial charge on any atom is -0.494 e. The normalized spacial score (nSPS) is 10.5. The van der Waals surface area contributed by atoms with Crippen molar-refractivity contribution < 1.29 is 14.6 Å². The van der Waals surface area contributed by atoms with Crippen LogP contribution < -0.4 is 4.74 Å². The van der Waals surface area contributed by atoms with Gasteiger partial charge < -0.3 is 9.84 Å². The number of carbonyl (C=O) groups is 1. The summed E-state index contributed by atoms with van der Waals surface area (Å²) in [6.45, 7) is 2.94. The summed E-state index contributed by atoms with van der Waals surface area (Å²) in [6.07, 6.45) is 8.88. The van der Waals surface area contributed by atoms with E-state index in [4.69, 9.17) is 9.84 Å². The van der Waals surface area contributed by atoms with Gasteiger partial charge in [0.2, 0.25) is 0 Å². The molecule has 5 heteroatoms. The molecule has 0 amide bonds. The Bertz CT molecular complexity index is 641. The molecule has 0 aliphatic rings. The molecule has 0 bridgehead atoms. The monoisotopic (exact) mass is 328 g/mol. The Morgan fingerprint density at radius 1 is 1.04 bits per heavy atom. The molecule has 0 spiro atoms. The second-order valence-electron chi connectivity index (χ2n) is 5.71. The van der Waals surface area contributed by atoms with E-state index in [1.165, 1.54) is 44.4 Å². The molecule has 0 saturated carbocycles. The first-order chi connectivity index (χ1) is 11.7. The fraction of sp³-hybridized carbons (Fsp3) is 0.421. The standard InChI is InChI=1S/C19H24N2O3/c1-2-3-4-5-6-7-14-24-16-10-8-15(9-11-16)18-20-13-12-17(21-18)19(22)23/h8-13H,2-7,14H2,1H3,(H,22,23). The number of hydrogen-bond acceptors (Lipinski definition) is 4. The number of nitrogens with zero attached hydrogens (tertiary/aromatic N) is 2. The summed E-state index contributed by atoms with van der Waals surface area (Å²) in [4.78, 5) is 19.1. The molecule has 0 fully saturated rings. The molecule has 1 heterocycles. The van der Waals surface area contributed by atoms with Gasteiger partial charge in [-0.05, 0) is 36.8 Å². The van der Waals surface area contributed by atoms with Crippen LogP contribution in [-0.2, 0) is 0 Å². The van der Waals surface area contributed by atoms with Crippen LogP contribution in [0.15, 0.2) is 36.5 Å². The second kappa shape index (κ2) is 9.65. The van der Waals surface area contributed by atoms with Crippen molar-refractivity contribution in [1.82, 2.24) is 9.97 Å². The predicted octanol–water partition coefficient (Wildman–Crippen LogP) is 4.58. The number of aromatic nitrogens is 2. The number of rotatable bonds is 10. The average molecular weight is 328 g/mol. The molecule has 1 aromatic heterocycles. The maximum atomic E-state index is 11.0. The lowest BCUT2D eigenvalue weighted by Gasteiger charge is -2.07. The van der Waals surface area contributed by atoms with E-state index < -0.39 is 5.97 Å². The van der Waals surface area contributed by atoms with E-state index in [9.17, 15) is 4.79 Å². The van der Waals surface area contributed by atoms with Crippen molar-refractivity contribution in [2.45, 2.75) is 45.4 Å². The summed E-state index contributed by atoms with van der Waals surface area (Å²) < 4.78 is 5.73. The Morgan fingerprint density at radius 2 is 1.75 bits per heavy atom. The lowest BCUT2D eigenvalue weighted by Crippen LogP contribution is -2.02. The van der Waals surface area contributed by atoms with Crippen LogP contribution in [0.2, 0.25) is 0 Å². The van der Waals surface area contributed by atoms with Crippen molar-refractivity contribution in [3.8, 4) is 17.1 Å². The van der Waals surface area contributed by atoms with Crippen LogP contribution in [0, 0.1) is 0 Å². The van der Waals surface area contributed by atoms with Gasteiger partial charge in [0, 0.05) is 11.8 Å². The number of unbranched alkanes of at least 4 members (excludes halogenated alkanes) is 5. The number of benzene rings is 1. The van der Waals surface area contributed by atoms with Gasteiger partial charge in [0.05, 0.1) is 6.61 Å². The van der Waals surface area contributed by atoms with Crippen molar-refractivity contribution in [1.29, 1.82) is 0 Å². The molecular weight excluding hydrogens is 304 g/mol. The Balaban J connectivity index is 1.82. The minimum atomic E-state index is -1.06. The SMILES string of the molecule is CCCCCCCCOc1ccc(-c2nccc(C(=O)O)n2)cc1. The smallest absolute Gasteiger partial charge is 0.354 e. The highest BCUT2D eigenvalue weighted by Gasteiger charge is 2.08. The van der Waals surface area contributed by atoms with E-state index in [-0.39, 0.29) is 5.69 Å². The van der Waals surface area contributed by atoms with Crippen LogP contribution >= 0.6 is 0 Å². The highest BCUT2D eigenvalue weighted by molar-refractivity contribution is 5.85. The van der Waals surface area contributed by atoms with E-state index in [1.807, 2.05) is 24.3 Å². The van der Waals surface area contributed by atoms with E-state index >= 15 is 0 Å². The predicted molar refractivity (Wildman–Crippen MR) is 93.3 cm³/mol. The van der Waals surface area contributed by atoms with Crippen LogP contribution in [0.4, 0.5) is 0 Å². The molecule has 0 unspecified atom stereocenters. The minimum absolute atomic E-state index is 0.0107. The molecule has 0 atom stereocenters. The van der Waals surface area contributed by atoms with E-state index in [1.54, 1.807) is 0 Å². The van der Waals surface area contributed by atoms with Gasteiger partial charge in [-0.3, -0.25) is 0 Å². The Morgan fingerprint density at radius 3 is 2.46 bits per heavy atom. The molecular formula is C19H24N2O3. The van der Waals surface area contributed by atoms with Crippen LogP contribution in [0.25, 0.3) is 11.4 Å². The van der Waals surface area contributed by atoms with E-state index in [0.717, 1.165) is 24.3 Å². The maximum absolute atomic E-state index is 11.0. The highest BCUT2D eigenvalue weighted by Crippen LogP contribution is 2.19. The largest absolute Gasteiger partial charge is 0.494 e. The zero-order valence-electron chi connectivity index (χ0n) is 14.1. The lowest BCUT2D eigenvalue weighted by atomic mass is 10.1. The first-order valence-corrected chi connectivity index (χ1v) is 8.50. The van der Waals surface area contributed by atoms with Crippen LogP contribution in [0.1, 0.15) is 55.9 Å². The fourth-order valence-corrected chi connectivity index (χ4v) is 2.39. The molecule has 1 N–H and O–H groups in total. The van der Waals surface area contributed by atoms with Crippen LogP contribution in [0.3, 0.4) is 0 Å². The second-order valence-corrected chi connectivity index (χ2v) is 5.71. The third-order valence-corrected chi connectivity index (χ3v) is 3.75. The summed E-state index contributed by atoms with van der Waals surface area (Å²) in [6, 6.07) is 8.80. The van der Waals surface area contributed by atoms with Gasteiger partial charge in [-0.2, -0.15) is 0 Å². The van der Waals surface area contributed by atoms with Crippen molar-refractivity contribution in [2.75, 3.05) is 6.61 Å². The Labute approximate surface area is 142 Å². The van der Waals surface area contributed by atoms with Gasteiger partial charge in [-0.25, -0.2) is 14.8 Å². The number of aromatic carboxylic acids is 1.